The van der Waals surface area contributed by atoms with Gasteiger partial charge in [-0.15, -0.1) is 0 Å². The molecule has 0 saturated carbocycles. The van der Waals surface area contributed by atoms with Crippen LogP contribution in [0.15, 0.2) is 30.3 Å². The average Bonchev–Trinajstić information content (AvgIpc) is 2.50. The SMILES string of the molecule is CCCC(CCNC(=O)OCc1ccccc1)CC1CNC1. The van der Waals surface area contributed by atoms with Gasteiger partial charge in [-0.2, -0.15) is 0 Å². The summed E-state index contributed by atoms with van der Waals surface area (Å²) in [6.45, 7) is 5.59. The van der Waals surface area contributed by atoms with Crippen molar-refractivity contribution in [1.29, 1.82) is 0 Å². The van der Waals surface area contributed by atoms with E-state index in [0.29, 0.717) is 19.1 Å². The second-order valence-electron chi connectivity index (χ2n) is 6.19. The maximum atomic E-state index is 11.7. The molecule has 1 aromatic carbocycles. The highest BCUT2D eigenvalue weighted by atomic mass is 16.5. The fourth-order valence-electron chi connectivity index (χ4n) is 2.93. The molecule has 0 aliphatic carbocycles. The highest BCUT2D eigenvalue weighted by Gasteiger charge is 2.21. The Morgan fingerprint density at radius 1 is 1.32 bits per heavy atom. The number of amides is 1. The average molecular weight is 304 g/mol. The quantitative estimate of drug-likeness (QED) is 0.736. The summed E-state index contributed by atoms with van der Waals surface area (Å²) in [5.41, 5.74) is 1.01. The van der Waals surface area contributed by atoms with Crippen molar-refractivity contribution in [3.63, 3.8) is 0 Å². The molecule has 2 rings (SSSR count). The summed E-state index contributed by atoms with van der Waals surface area (Å²) in [5, 5.41) is 6.20. The smallest absolute Gasteiger partial charge is 0.407 e. The molecule has 122 valence electrons. The zero-order chi connectivity index (χ0) is 15.6. The normalized spacial score (nSPS) is 15.9. The number of carbonyl (C=O) groups excluding carboxylic acids is 1. The summed E-state index contributed by atoms with van der Waals surface area (Å²) < 4.78 is 5.22. The van der Waals surface area contributed by atoms with Gasteiger partial charge in [0.15, 0.2) is 0 Å². The summed E-state index contributed by atoms with van der Waals surface area (Å²) in [4.78, 5) is 11.7. The van der Waals surface area contributed by atoms with Crippen LogP contribution in [0.2, 0.25) is 0 Å². The van der Waals surface area contributed by atoms with Gasteiger partial charge in [-0.3, -0.25) is 0 Å². The maximum Gasteiger partial charge on any atom is 0.407 e. The van der Waals surface area contributed by atoms with Crippen LogP contribution in [-0.2, 0) is 11.3 Å². The van der Waals surface area contributed by atoms with Gasteiger partial charge < -0.3 is 15.4 Å². The van der Waals surface area contributed by atoms with E-state index in [2.05, 4.69) is 17.6 Å². The van der Waals surface area contributed by atoms with Gasteiger partial charge >= 0.3 is 6.09 Å². The highest BCUT2D eigenvalue weighted by Crippen LogP contribution is 2.22. The van der Waals surface area contributed by atoms with Crippen LogP contribution in [0.25, 0.3) is 0 Å². The highest BCUT2D eigenvalue weighted by molar-refractivity contribution is 5.67. The van der Waals surface area contributed by atoms with E-state index in [1.807, 2.05) is 30.3 Å². The molecule has 1 aromatic rings. The lowest BCUT2D eigenvalue weighted by Gasteiger charge is -2.30. The fourth-order valence-corrected chi connectivity index (χ4v) is 2.93. The summed E-state index contributed by atoms with van der Waals surface area (Å²) in [5.74, 6) is 1.55. The van der Waals surface area contributed by atoms with Crippen molar-refractivity contribution in [3.8, 4) is 0 Å². The van der Waals surface area contributed by atoms with Crippen molar-refractivity contribution in [2.45, 2.75) is 39.2 Å². The van der Waals surface area contributed by atoms with E-state index < -0.39 is 0 Å². The first-order valence-electron chi connectivity index (χ1n) is 8.43. The molecule has 2 N–H and O–H groups in total. The molecule has 0 bridgehead atoms. The van der Waals surface area contributed by atoms with Gasteiger partial charge in [0.25, 0.3) is 0 Å². The first kappa shape index (κ1) is 16.8. The molecule has 1 heterocycles. The summed E-state index contributed by atoms with van der Waals surface area (Å²) in [6.07, 6.45) is 4.47. The van der Waals surface area contributed by atoms with Gasteiger partial charge in [-0.25, -0.2) is 4.79 Å². The second-order valence-corrected chi connectivity index (χ2v) is 6.19. The molecule has 0 radical (unpaired) electrons. The van der Waals surface area contributed by atoms with E-state index in [0.717, 1.165) is 31.0 Å². The monoisotopic (exact) mass is 304 g/mol. The number of hydrogen-bond donors (Lipinski definition) is 2. The molecule has 1 saturated heterocycles. The summed E-state index contributed by atoms with van der Waals surface area (Å²) in [6, 6.07) is 9.76. The number of benzene rings is 1. The zero-order valence-electron chi connectivity index (χ0n) is 13.5. The van der Waals surface area contributed by atoms with Crippen molar-refractivity contribution < 1.29 is 9.53 Å². The fraction of sp³-hybridized carbons (Fsp3) is 0.611. The molecule has 1 unspecified atom stereocenters. The molecule has 1 fully saturated rings. The van der Waals surface area contributed by atoms with E-state index in [-0.39, 0.29) is 6.09 Å². The molecule has 1 aliphatic heterocycles. The number of alkyl carbamates (subject to hydrolysis) is 1. The van der Waals surface area contributed by atoms with E-state index in [1.165, 1.54) is 19.3 Å². The third-order valence-corrected chi connectivity index (χ3v) is 4.26. The largest absolute Gasteiger partial charge is 0.445 e. The van der Waals surface area contributed by atoms with E-state index in [4.69, 9.17) is 4.74 Å². The maximum absolute atomic E-state index is 11.7. The van der Waals surface area contributed by atoms with Gasteiger partial charge in [0, 0.05) is 6.54 Å². The van der Waals surface area contributed by atoms with Crippen molar-refractivity contribution >= 4 is 6.09 Å². The Bertz CT molecular complexity index is 432. The van der Waals surface area contributed by atoms with Gasteiger partial charge in [0.05, 0.1) is 0 Å². The molecule has 1 atom stereocenters. The molecule has 1 aliphatic rings. The first-order chi connectivity index (χ1) is 10.8. The Morgan fingerprint density at radius 3 is 2.73 bits per heavy atom. The molecule has 0 spiro atoms. The van der Waals surface area contributed by atoms with Crippen LogP contribution in [0.1, 0.15) is 38.2 Å². The second kappa shape index (κ2) is 9.46. The minimum atomic E-state index is -0.315. The van der Waals surface area contributed by atoms with Crippen molar-refractivity contribution in [1.82, 2.24) is 10.6 Å². The molecule has 4 heteroatoms. The Hall–Kier alpha value is -1.55. The molecular weight excluding hydrogens is 276 g/mol. The third kappa shape index (κ3) is 6.06. The van der Waals surface area contributed by atoms with Crippen LogP contribution in [0.4, 0.5) is 4.79 Å². The van der Waals surface area contributed by atoms with E-state index >= 15 is 0 Å². The van der Waals surface area contributed by atoms with E-state index in [9.17, 15) is 4.79 Å². The van der Waals surface area contributed by atoms with Gasteiger partial charge in [-0.1, -0.05) is 50.1 Å². The van der Waals surface area contributed by atoms with Crippen molar-refractivity contribution in [3.05, 3.63) is 35.9 Å². The Morgan fingerprint density at radius 2 is 2.09 bits per heavy atom. The lowest BCUT2D eigenvalue weighted by atomic mass is 9.86. The Kier molecular flexibility index (Phi) is 7.23. The van der Waals surface area contributed by atoms with Gasteiger partial charge in [-0.05, 0) is 43.3 Å². The number of carbonyl (C=O) groups is 1. The van der Waals surface area contributed by atoms with Crippen molar-refractivity contribution in [2.75, 3.05) is 19.6 Å². The Balaban J connectivity index is 1.60. The molecular formula is C18H28N2O2. The molecule has 4 nitrogen and oxygen atoms in total. The van der Waals surface area contributed by atoms with E-state index in [1.54, 1.807) is 0 Å². The van der Waals surface area contributed by atoms with Crippen LogP contribution >= 0.6 is 0 Å². The van der Waals surface area contributed by atoms with Gasteiger partial charge in [0.2, 0.25) is 0 Å². The summed E-state index contributed by atoms with van der Waals surface area (Å²) >= 11 is 0. The third-order valence-electron chi connectivity index (χ3n) is 4.26. The number of nitrogens with one attached hydrogen (secondary N) is 2. The zero-order valence-corrected chi connectivity index (χ0v) is 13.5. The minimum absolute atomic E-state index is 0.315. The predicted octanol–water partition coefficient (Wildman–Crippen LogP) is 3.33. The van der Waals surface area contributed by atoms with Gasteiger partial charge in [0.1, 0.15) is 6.61 Å². The van der Waals surface area contributed by atoms with Crippen LogP contribution < -0.4 is 10.6 Å². The lowest BCUT2D eigenvalue weighted by Crippen LogP contribution is -2.43. The Labute approximate surface area is 133 Å². The number of hydrogen-bond acceptors (Lipinski definition) is 3. The predicted molar refractivity (Wildman–Crippen MR) is 88.6 cm³/mol. The standard InChI is InChI=1S/C18H28N2O2/c1-2-6-15(11-17-12-19-13-17)9-10-20-18(21)22-14-16-7-4-3-5-8-16/h3-5,7-8,15,17,19H,2,6,9-14H2,1H3,(H,20,21). The molecule has 22 heavy (non-hydrogen) atoms. The number of rotatable bonds is 9. The van der Waals surface area contributed by atoms with Crippen LogP contribution in [-0.4, -0.2) is 25.7 Å². The summed E-state index contributed by atoms with van der Waals surface area (Å²) in [7, 11) is 0. The topological polar surface area (TPSA) is 50.4 Å². The molecule has 1 amide bonds. The van der Waals surface area contributed by atoms with Crippen molar-refractivity contribution in [2.24, 2.45) is 11.8 Å². The lowest BCUT2D eigenvalue weighted by molar-refractivity contribution is 0.138. The van der Waals surface area contributed by atoms with Crippen LogP contribution in [0.5, 0.6) is 0 Å². The first-order valence-corrected chi connectivity index (χ1v) is 8.43. The van der Waals surface area contributed by atoms with Crippen LogP contribution in [0.3, 0.4) is 0 Å². The van der Waals surface area contributed by atoms with Crippen LogP contribution in [0, 0.1) is 11.8 Å². The minimum Gasteiger partial charge on any atom is -0.445 e. The molecule has 0 aromatic heterocycles. The number of ether oxygens (including phenoxy) is 1.